The van der Waals surface area contributed by atoms with E-state index < -0.39 is 0 Å². The Morgan fingerprint density at radius 1 is 1.28 bits per heavy atom. The number of hydrogen-bond acceptors (Lipinski definition) is 4. The van der Waals surface area contributed by atoms with Gasteiger partial charge in [-0.05, 0) is 66.0 Å². The first-order valence-corrected chi connectivity index (χ1v) is 7.24. The van der Waals surface area contributed by atoms with Gasteiger partial charge in [0.2, 0.25) is 0 Å². The fourth-order valence-corrected chi connectivity index (χ4v) is 2.66. The first-order valence-electron chi connectivity index (χ1n) is 7.24. The van der Waals surface area contributed by atoms with Crippen LogP contribution in [0.1, 0.15) is 26.2 Å². The van der Waals surface area contributed by atoms with Crippen LogP contribution >= 0.6 is 0 Å². The van der Waals surface area contributed by atoms with E-state index in [1.165, 1.54) is 19.3 Å². The highest BCUT2D eigenvalue weighted by Crippen LogP contribution is 2.39. The molecule has 0 heterocycles. The number of hydrogen-bond donors (Lipinski definition) is 2. The Morgan fingerprint density at radius 3 is 2.33 bits per heavy atom. The van der Waals surface area contributed by atoms with Crippen molar-refractivity contribution in [1.82, 2.24) is 15.1 Å². The van der Waals surface area contributed by atoms with E-state index in [2.05, 4.69) is 36.1 Å². The van der Waals surface area contributed by atoms with E-state index in [0.29, 0.717) is 5.92 Å². The van der Waals surface area contributed by atoms with Gasteiger partial charge in [-0.3, -0.25) is 0 Å². The van der Waals surface area contributed by atoms with E-state index >= 15 is 0 Å². The monoisotopic (exact) mass is 257 g/mol. The lowest BCUT2D eigenvalue weighted by Crippen LogP contribution is -2.56. The molecule has 0 spiro atoms. The number of aliphatic hydroxyl groups excluding tert-OH is 1. The number of nitrogens with zero attached hydrogens (tertiary/aromatic N) is 2. The van der Waals surface area contributed by atoms with Crippen LogP contribution in [-0.4, -0.2) is 74.4 Å². The molecule has 0 saturated heterocycles. The van der Waals surface area contributed by atoms with Gasteiger partial charge in [0.25, 0.3) is 0 Å². The van der Waals surface area contributed by atoms with Crippen LogP contribution < -0.4 is 5.32 Å². The molecule has 1 unspecified atom stereocenters. The molecule has 0 aliphatic heterocycles. The Labute approximate surface area is 112 Å². The van der Waals surface area contributed by atoms with Gasteiger partial charge < -0.3 is 20.2 Å². The molecule has 4 heteroatoms. The van der Waals surface area contributed by atoms with Crippen LogP contribution in [0.25, 0.3) is 0 Å². The minimum atomic E-state index is -0.0753. The second kappa shape index (κ2) is 7.43. The van der Waals surface area contributed by atoms with Crippen LogP contribution in [0.2, 0.25) is 0 Å². The fraction of sp³-hybridized carbons (Fsp3) is 1.00. The van der Waals surface area contributed by atoms with E-state index in [4.69, 9.17) is 0 Å². The smallest absolute Gasteiger partial charge is 0.0628 e. The maximum Gasteiger partial charge on any atom is 0.0628 e. The lowest BCUT2D eigenvalue weighted by atomic mass is 9.93. The molecule has 0 amide bonds. The lowest BCUT2D eigenvalue weighted by molar-refractivity contribution is 0.0973. The van der Waals surface area contributed by atoms with Gasteiger partial charge in [0.1, 0.15) is 0 Å². The summed E-state index contributed by atoms with van der Waals surface area (Å²) in [7, 11) is 6.22. The molecule has 1 saturated carbocycles. The summed E-state index contributed by atoms with van der Waals surface area (Å²) in [5, 5.41) is 13.1. The van der Waals surface area contributed by atoms with Crippen molar-refractivity contribution in [2.45, 2.75) is 31.7 Å². The summed E-state index contributed by atoms with van der Waals surface area (Å²) in [6.45, 7) is 6.73. The number of nitrogens with one attached hydrogen (secondary N) is 1. The van der Waals surface area contributed by atoms with Gasteiger partial charge in [0, 0.05) is 6.54 Å². The average molecular weight is 257 g/mol. The summed E-state index contributed by atoms with van der Waals surface area (Å²) in [6.07, 6.45) is 3.71. The highest BCUT2D eigenvalue weighted by Gasteiger charge is 2.44. The van der Waals surface area contributed by atoms with Crippen LogP contribution in [0.15, 0.2) is 0 Å². The molecule has 18 heavy (non-hydrogen) atoms. The summed E-state index contributed by atoms with van der Waals surface area (Å²) >= 11 is 0. The van der Waals surface area contributed by atoms with Crippen molar-refractivity contribution in [3.63, 3.8) is 0 Å². The lowest BCUT2D eigenvalue weighted by Gasteiger charge is -2.37. The molecule has 1 fully saturated rings. The molecule has 0 bridgehead atoms. The van der Waals surface area contributed by atoms with Gasteiger partial charge in [-0.15, -0.1) is 0 Å². The van der Waals surface area contributed by atoms with Crippen molar-refractivity contribution in [1.29, 1.82) is 0 Å². The second-order valence-electron chi connectivity index (χ2n) is 5.86. The molecule has 2 N–H and O–H groups in total. The molecular formula is C14H31N3O. The van der Waals surface area contributed by atoms with Crippen LogP contribution in [0, 0.1) is 5.92 Å². The second-order valence-corrected chi connectivity index (χ2v) is 5.86. The third-order valence-electron chi connectivity index (χ3n) is 4.17. The zero-order chi connectivity index (χ0) is 13.6. The average Bonchev–Trinajstić information content (AvgIpc) is 3.18. The highest BCUT2D eigenvalue weighted by atomic mass is 16.3. The quantitative estimate of drug-likeness (QED) is 0.602. The van der Waals surface area contributed by atoms with Gasteiger partial charge in [0.05, 0.1) is 12.1 Å². The summed E-state index contributed by atoms with van der Waals surface area (Å²) in [5.74, 6) is 0.662. The van der Waals surface area contributed by atoms with Crippen LogP contribution in [0.5, 0.6) is 0 Å². The molecule has 1 rings (SSSR count). The van der Waals surface area contributed by atoms with Gasteiger partial charge in [-0.1, -0.05) is 6.92 Å². The molecule has 4 nitrogen and oxygen atoms in total. The minimum absolute atomic E-state index is 0.0753. The summed E-state index contributed by atoms with van der Waals surface area (Å²) in [5.41, 5.74) is -0.0753. The predicted molar refractivity (Wildman–Crippen MR) is 76.9 cm³/mol. The van der Waals surface area contributed by atoms with Crippen molar-refractivity contribution in [3.05, 3.63) is 0 Å². The maximum atomic E-state index is 9.75. The third-order valence-corrected chi connectivity index (χ3v) is 4.17. The molecule has 0 aromatic carbocycles. The SMILES string of the molecule is CCN(CCCN(C)C)CC(CO)(NC)C1CC1. The molecule has 1 atom stereocenters. The molecule has 108 valence electrons. The van der Waals surface area contributed by atoms with E-state index in [-0.39, 0.29) is 12.1 Å². The van der Waals surface area contributed by atoms with Gasteiger partial charge in [-0.25, -0.2) is 0 Å². The zero-order valence-electron chi connectivity index (χ0n) is 12.6. The summed E-state index contributed by atoms with van der Waals surface area (Å²) in [4.78, 5) is 4.70. The van der Waals surface area contributed by atoms with Crippen LogP contribution in [-0.2, 0) is 0 Å². The molecule has 0 aromatic rings. The van der Waals surface area contributed by atoms with E-state index in [1.54, 1.807) is 0 Å². The van der Waals surface area contributed by atoms with E-state index in [9.17, 15) is 5.11 Å². The Morgan fingerprint density at radius 2 is 1.94 bits per heavy atom. The third kappa shape index (κ3) is 4.50. The Balaban J connectivity index is 2.43. The topological polar surface area (TPSA) is 38.7 Å². The first-order chi connectivity index (χ1) is 8.57. The minimum Gasteiger partial charge on any atom is -0.394 e. The normalized spacial score (nSPS) is 19.5. The fourth-order valence-electron chi connectivity index (χ4n) is 2.66. The van der Waals surface area contributed by atoms with Crippen LogP contribution in [0.4, 0.5) is 0 Å². The maximum absolute atomic E-state index is 9.75. The number of rotatable bonds is 10. The first kappa shape index (κ1) is 15.9. The van der Waals surface area contributed by atoms with Gasteiger partial charge in [0.15, 0.2) is 0 Å². The molecule has 1 aliphatic rings. The zero-order valence-corrected chi connectivity index (χ0v) is 12.6. The highest BCUT2D eigenvalue weighted by molar-refractivity contribution is 5.02. The van der Waals surface area contributed by atoms with Crippen molar-refractivity contribution in [2.75, 3.05) is 53.9 Å². The number of aliphatic hydroxyl groups is 1. The van der Waals surface area contributed by atoms with E-state index in [0.717, 1.165) is 26.2 Å². The number of likely N-dealkylation sites (N-methyl/N-ethyl adjacent to an activating group) is 2. The van der Waals surface area contributed by atoms with Crippen molar-refractivity contribution >= 4 is 0 Å². The predicted octanol–water partition coefficient (Wildman–Crippen LogP) is 0.621. The molecular weight excluding hydrogens is 226 g/mol. The van der Waals surface area contributed by atoms with E-state index in [1.807, 2.05) is 7.05 Å². The van der Waals surface area contributed by atoms with Crippen molar-refractivity contribution in [3.8, 4) is 0 Å². The molecule has 0 aromatic heterocycles. The standard InChI is InChI=1S/C14H31N3O/c1-5-17(10-6-9-16(3)4)11-14(12-18,15-2)13-7-8-13/h13,15,18H,5-12H2,1-4H3. The van der Waals surface area contributed by atoms with Gasteiger partial charge >= 0.3 is 0 Å². The molecule has 0 radical (unpaired) electrons. The van der Waals surface area contributed by atoms with Crippen LogP contribution in [0.3, 0.4) is 0 Å². The summed E-state index contributed by atoms with van der Waals surface area (Å²) in [6, 6.07) is 0. The van der Waals surface area contributed by atoms with Crippen molar-refractivity contribution in [2.24, 2.45) is 5.92 Å². The Bertz CT molecular complexity index is 225. The summed E-state index contributed by atoms with van der Waals surface area (Å²) < 4.78 is 0. The molecule has 1 aliphatic carbocycles. The largest absolute Gasteiger partial charge is 0.394 e. The van der Waals surface area contributed by atoms with Crippen molar-refractivity contribution < 1.29 is 5.11 Å². The van der Waals surface area contributed by atoms with Gasteiger partial charge in [-0.2, -0.15) is 0 Å². The Kier molecular flexibility index (Phi) is 6.57. The Hall–Kier alpha value is -0.160.